The van der Waals surface area contributed by atoms with Gasteiger partial charge < -0.3 is 10.8 Å². The highest BCUT2D eigenvalue weighted by molar-refractivity contribution is 5.54. The fourth-order valence-electron chi connectivity index (χ4n) is 1.52. The molecule has 0 fully saturated rings. The Balaban J connectivity index is 2.42. The lowest BCUT2D eigenvalue weighted by atomic mass is 10.1. The van der Waals surface area contributed by atoms with Gasteiger partial charge in [0.05, 0.1) is 17.8 Å². The summed E-state index contributed by atoms with van der Waals surface area (Å²) in [4.78, 5) is 0. The molecule has 0 amide bonds. The van der Waals surface area contributed by atoms with E-state index in [9.17, 15) is 5.11 Å². The average molecular weight is 191 g/mol. The Morgan fingerprint density at radius 3 is 3.14 bits per heavy atom. The number of aliphatic hydroxyl groups is 1. The Morgan fingerprint density at radius 2 is 2.36 bits per heavy atom. The first kappa shape index (κ1) is 9.18. The van der Waals surface area contributed by atoms with E-state index in [2.05, 4.69) is 5.10 Å². The minimum absolute atomic E-state index is 0.478. The fourth-order valence-corrected chi connectivity index (χ4v) is 1.52. The van der Waals surface area contributed by atoms with Gasteiger partial charge in [0, 0.05) is 11.8 Å². The van der Waals surface area contributed by atoms with Crippen molar-refractivity contribution in [2.45, 2.75) is 12.5 Å². The smallest absolute Gasteiger partial charge is 0.0838 e. The summed E-state index contributed by atoms with van der Waals surface area (Å²) in [7, 11) is 0. The van der Waals surface area contributed by atoms with Gasteiger partial charge in [-0.3, -0.25) is 0 Å². The lowest BCUT2D eigenvalue weighted by molar-refractivity contribution is 0.172. The second-order valence-electron chi connectivity index (χ2n) is 3.22. The van der Waals surface area contributed by atoms with Crippen LogP contribution in [-0.2, 0) is 0 Å². The topological polar surface area (TPSA) is 63.5 Å². The van der Waals surface area contributed by atoms with Crippen molar-refractivity contribution in [1.82, 2.24) is 9.61 Å². The summed E-state index contributed by atoms with van der Waals surface area (Å²) in [5.41, 5.74) is 7.17. The van der Waals surface area contributed by atoms with Crippen LogP contribution in [0.25, 0.3) is 5.52 Å². The number of hydrogen-bond donors (Lipinski definition) is 2. The first-order valence-corrected chi connectivity index (χ1v) is 4.63. The van der Waals surface area contributed by atoms with E-state index in [1.807, 2.05) is 24.4 Å². The summed E-state index contributed by atoms with van der Waals surface area (Å²) < 4.78 is 1.75. The van der Waals surface area contributed by atoms with Crippen molar-refractivity contribution >= 4 is 5.52 Å². The molecule has 2 heterocycles. The first-order chi connectivity index (χ1) is 6.83. The normalized spacial score (nSPS) is 13.3. The van der Waals surface area contributed by atoms with Crippen LogP contribution in [-0.4, -0.2) is 21.3 Å². The zero-order chi connectivity index (χ0) is 9.97. The number of nitrogens with two attached hydrogens (primary N) is 1. The van der Waals surface area contributed by atoms with Gasteiger partial charge in [-0.05, 0) is 25.1 Å². The molecule has 0 saturated heterocycles. The molecule has 0 unspecified atom stereocenters. The summed E-state index contributed by atoms with van der Waals surface area (Å²) in [6.07, 6.45) is 3.60. The van der Waals surface area contributed by atoms with Crippen LogP contribution >= 0.6 is 0 Å². The second kappa shape index (κ2) is 3.77. The molecule has 0 radical (unpaired) electrons. The van der Waals surface area contributed by atoms with Gasteiger partial charge in [0.2, 0.25) is 0 Å². The van der Waals surface area contributed by atoms with E-state index in [4.69, 9.17) is 5.73 Å². The van der Waals surface area contributed by atoms with Gasteiger partial charge >= 0.3 is 0 Å². The molecule has 14 heavy (non-hydrogen) atoms. The molecule has 0 saturated carbocycles. The van der Waals surface area contributed by atoms with E-state index < -0.39 is 6.10 Å². The van der Waals surface area contributed by atoms with Crippen molar-refractivity contribution in [3.63, 3.8) is 0 Å². The van der Waals surface area contributed by atoms with Crippen LogP contribution in [0.15, 0.2) is 30.6 Å². The molecule has 0 aliphatic rings. The monoisotopic (exact) mass is 191 g/mol. The fraction of sp³-hybridized carbons (Fsp3) is 0.300. The molecule has 2 aromatic rings. The molecular formula is C10H13N3O. The van der Waals surface area contributed by atoms with Crippen molar-refractivity contribution in [2.75, 3.05) is 6.54 Å². The van der Waals surface area contributed by atoms with E-state index >= 15 is 0 Å². The van der Waals surface area contributed by atoms with Gasteiger partial charge in [-0.2, -0.15) is 5.10 Å². The third-order valence-corrected chi connectivity index (χ3v) is 2.26. The molecule has 0 aromatic carbocycles. The Kier molecular flexibility index (Phi) is 2.47. The van der Waals surface area contributed by atoms with Crippen molar-refractivity contribution < 1.29 is 5.11 Å². The van der Waals surface area contributed by atoms with E-state index in [1.54, 1.807) is 10.7 Å². The Bertz CT molecular complexity index is 424. The van der Waals surface area contributed by atoms with Gasteiger partial charge in [-0.15, -0.1) is 0 Å². The third kappa shape index (κ3) is 1.49. The molecule has 4 nitrogen and oxygen atoms in total. The van der Waals surface area contributed by atoms with Gasteiger partial charge in [0.1, 0.15) is 0 Å². The lowest BCUT2D eigenvalue weighted by Crippen LogP contribution is -2.06. The van der Waals surface area contributed by atoms with E-state index in [1.165, 1.54) is 0 Å². The summed E-state index contributed by atoms with van der Waals surface area (Å²) in [6.45, 7) is 0.478. The molecule has 1 atom stereocenters. The standard InChI is InChI=1S/C10H13N3O/c11-5-4-10(14)8-7-12-13-6-2-1-3-9(8)13/h1-3,6-7,10,14H,4-5,11H2/t10-/m0/s1. The van der Waals surface area contributed by atoms with Crippen molar-refractivity contribution in [3.05, 3.63) is 36.2 Å². The predicted molar refractivity (Wildman–Crippen MR) is 53.8 cm³/mol. The summed E-state index contributed by atoms with van der Waals surface area (Å²) in [6, 6.07) is 5.76. The van der Waals surface area contributed by atoms with Crippen molar-refractivity contribution in [1.29, 1.82) is 0 Å². The van der Waals surface area contributed by atoms with Crippen molar-refractivity contribution in [2.24, 2.45) is 5.73 Å². The largest absolute Gasteiger partial charge is 0.388 e. The number of pyridine rings is 1. The number of rotatable bonds is 3. The van der Waals surface area contributed by atoms with Gasteiger partial charge in [0.25, 0.3) is 0 Å². The lowest BCUT2D eigenvalue weighted by Gasteiger charge is -2.06. The second-order valence-corrected chi connectivity index (χ2v) is 3.22. The maximum Gasteiger partial charge on any atom is 0.0838 e. The SMILES string of the molecule is NCC[C@H](O)c1cnn2ccccc12. The summed E-state index contributed by atoms with van der Waals surface area (Å²) in [5.74, 6) is 0. The van der Waals surface area contributed by atoms with Gasteiger partial charge in [-0.25, -0.2) is 4.52 Å². The van der Waals surface area contributed by atoms with Crippen LogP contribution in [0.3, 0.4) is 0 Å². The highest BCUT2D eigenvalue weighted by Crippen LogP contribution is 2.20. The average Bonchev–Trinajstić information content (AvgIpc) is 2.61. The number of nitrogens with zero attached hydrogens (tertiary/aromatic N) is 2. The molecule has 74 valence electrons. The maximum absolute atomic E-state index is 9.77. The predicted octanol–water partition coefficient (Wildman–Crippen LogP) is 0.717. The van der Waals surface area contributed by atoms with E-state index in [0.717, 1.165) is 11.1 Å². The Labute approximate surface area is 82.0 Å². The maximum atomic E-state index is 9.77. The highest BCUT2D eigenvalue weighted by Gasteiger charge is 2.11. The Morgan fingerprint density at radius 1 is 1.50 bits per heavy atom. The molecular weight excluding hydrogens is 178 g/mol. The molecule has 2 aromatic heterocycles. The molecule has 3 N–H and O–H groups in total. The molecule has 0 spiro atoms. The minimum atomic E-state index is -0.514. The summed E-state index contributed by atoms with van der Waals surface area (Å²) in [5, 5.41) is 13.9. The van der Waals surface area contributed by atoms with Crippen LogP contribution in [0.1, 0.15) is 18.1 Å². The molecule has 2 rings (SSSR count). The quantitative estimate of drug-likeness (QED) is 0.751. The van der Waals surface area contributed by atoms with Crippen LogP contribution in [0.4, 0.5) is 0 Å². The number of hydrogen-bond acceptors (Lipinski definition) is 3. The van der Waals surface area contributed by atoms with E-state index in [-0.39, 0.29) is 0 Å². The first-order valence-electron chi connectivity index (χ1n) is 4.63. The highest BCUT2D eigenvalue weighted by atomic mass is 16.3. The van der Waals surface area contributed by atoms with Crippen LogP contribution < -0.4 is 5.73 Å². The summed E-state index contributed by atoms with van der Waals surface area (Å²) >= 11 is 0. The van der Waals surface area contributed by atoms with Crippen LogP contribution in [0.2, 0.25) is 0 Å². The molecule has 0 aliphatic carbocycles. The Hall–Kier alpha value is -1.39. The van der Waals surface area contributed by atoms with E-state index in [0.29, 0.717) is 13.0 Å². The minimum Gasteiger partial charge on any atom is -0.388 e. The molecule has 0 bridgehead atoms. The van der Waals surface area contributed by atoms with Gasteiger partial charge in [0.15, 0.2) is 0 Å². The third-order valence-electron chi connectivity index (χ3n) is 2.26. The number of aliphatic hydroxyl groups excluding tert-OH is 1. The van der Waals surface area contributed by atoms with Crippen molar-refractivity contribution in [3.8, 4) is 0 Å². The van der Waals surface area contributed by atoms with Crippen LogP contribution in [0, 0.1) is 0 Å². The number of fused-ring (bicyclic) bond motifs is 1. The van der Waals surface area contributed by atoms with Crippen LogP contribution in [0.5, 0.6) is 0 Å². The molecule has 0 aliphatic heterocycles. The molecule has 4 heteroatoms. The number of aromatic nitrogens is 2. The zero-order valence-corrected chi connectivity index (χ0v) is 7.80. The van der Waals surface area contributed by atoms with Gasteiger partial charge in [-0.1, -0.05) is 6.07 Å². The zero-order valence-electron chi connectivity index (χ0n) is 7.80.